The van der Waals surface area contributed by atoms with Crippen LogP contribution in [0.2, 0.25) is 0 Å². The van der Waals surface area contributed by atoms with Crippen LogP contribution in [0.25, 0.3) is 10.9 Å². The lowest BCUT2D eigenvalue weighted by molar-refractivity contribution is -0.128. The smallest absolute Gasteiger partial charge is 0.293 e. The molecule has 0 amide bonds. The fourth-order valence-corrected chi connectivity index (χ4v) is 2.88. The van der Waals surface area contributed by atoms with Crippen LogP contribution >= 0.6 is 0 Å². The first-order valence-corrected chi connectivity index (χ1v) is 8.59. The molecule has 2 aromatic rings. The maximum absolute atomic E-state index is 12.4. The van der Waals surface area contributed by atoms with Gasteiger partial charge in [0.05, 0.1) is 17.8 Å². The third kappa shape index (κ3) is 4.60. The average Bonchev–Trinajstić information content (AvgIpc) is 2.59. The van der Waals surface area contributed by atoms with Gasteiger partial charge in [-0.05, 0) is 30.5 Å². The van der Waals surface area contributed by atoms with Crippen LogP contribution in [0.15, 0.2) is 29.1 Å². The minimum absolute atomic E-state index is 0.0861. The van der Waals surface area contributed by atoms with Gasteiger partial charge in [-0.15, -0.1) is 0 Å². The Labute approximate surface area is 141 Å². The van der Waals surface area contributed by atoms with Crippen molar-refractivity contribution in [2.75, 3.05) is 6.61 Å². The predicted molar refractivity (Wildman–Crippen MR) is 93.6 cm³/mol. The molecular formula is C19H25NO4. The molecule has 1 N–H and O–H groups in total. The second-order valence-corrected chi connectivity index (χ2v) is 6.04. The summed E-state index contributed by atoms with van der Waals surface area (Å²) in [6.45, 7) is 2.86. The molecule has 0 bridgehead atoms. The topological polar surface area (TPSA) is 68.5 Å². The Bertz CT molecular complexity index is 736. The maximum Gasteiger partial charge on any atom is 0.293 e. The van der Waals surface area contributed by atoms with Gasteiger partial charge in [0.25, 0.3) is 6.47 Å². The summed E-state index contributed by atoms with van der Waals surface area (Å²) >= 11 is 0. The highest BCUT2D eigenvalue weighted by Gasteiger charge is 2.09. The number of pyridine rings is 1. The average molecular weight is 331 g/mol. The number of aromatic nitrogens is 1. The highest BCUT2D eigenvalue weighted by Crippen LogP contribution is 2.16. The number of unbranched alkanes of at least 4 members (excludes halogenated alkanes) is 4. The van der Waals surface area contributed by atoms with Crippen molar-refractivity contribution in [1.29, 1.82) is 0 Å². The molecule has 0 saturated heterocycles. The van der Waals surface area contributed by atoms with Crippen LogP contribution in [0.4, 0.5) is 0 Å². The Balaban J connectivity index is 2.15. The molecule has 0 spiro atoms. The van der Waals surface area contributed by atoms with Crippen molar-refractivity contribution >= 4 is 17.4 Å². The molecule has 0 aliphatic heterocycles. The fourth-order valence-electron chi connectivity index (χ4n) is 2.88. The molecule has 130 valence electrons. The van der Waals surface area contributed by atoms with Crippen molar-refractivity contribution in [3.63, 3.8) is 0 Å². The summed E-state index contributed by atoms with van der Waals surface area (Å²) < 4.78 is 5.81. The van der Waals surface area contributed by atoms with Crippen molar-refractivity contribution in [1.82, 2.24) is 4.73 Å². The first-order valence-electron chi connectivity index (χ1n) is 8.59. The molecule has 0 unspecified atom stereocenters. The highest BCUT2D eigenvalue weighted by atomic mass is 16.5. The number of benzene rings is 1. The van der Waals surface area contributed by atoms with E-state index in [-0.39, 0.29) is 12.0 Å². The fraction of sp³-hybridized carbons (Fsp3) is 0.474. The Morgan fingerprint density at radius 2 is 1.92 bits per heavy atom. The van der Waals surface area contributed by atoms with E-state index >= 15 is 0 Å². The molecular weight excluding hydrogens is 306 g/mol. The molecule has 1 aromatic carbocycles. The lowest BCUT2D eigenvalue weighted by Crippen LogP contribution is -2.13. The van der Waals surface area contributed by atoms with E-state index in [0.29, 0.717) is 35.9 Å². The Hall–Kier alpha value is -2.30. The van der Waals surface area contributed by atoms with Crippen LogP contribution in [0.5, 0.6) is 0 Å². The third-order valence-electron chi connectivity index (χ3n) is 4.24. The molecule has 0 aliphatic rings. The van der Waals surface area contributed by atoms with E-state index in [1.807, 2.05) is 6.07 Å². The zero-order chi connectivity index (χ0) is 17.4. The number of rotatable bonds is 10. The van der Waals surface area contributed by atoms with Crippen LogP contribution in [0, 0.1) is 0 Å². The molecule has 0 radical (unpaired) electrons. The summed E-state index contributed by atoms with van der Waals surface area (Å²) in [6.07, 6.45) is 6.91. The number of fused-ring (bicyclic) bond motifs is 1. The first-order chi connectivity index (χ1) is 11.7. The van der Waals surface area contributed by atoms with Gasteiger partial charge < -0.3 is 9.94 Å². The Morgan fingerprint density at radius 1 is 1.12 bits per heavy atom. The zero-order valence-corrected chi connectivity index (χ0v) is 14.2. The van der Waals surface area contributed by atoms with Gasteiger partial charge in [-0.25, -0.2) is 0 Å². The van der Waals surface area contributed by atoms with Gasteiger partial charge in [0.2, 0.25) is 0 Å². The summed E-state index contributed by atoms with van der Waals surface area (Å²) in [6, 6.07) is 6.86. The second-order valence-electron chi connectivity index (χ2n) is 6.04. The second kappa shape index (κ2) is 9.11. The van der Waals surface area contributed by atoms with Gasteiger partial charge >= 0.3 is 0 Å². The van der Waals surface area contributed by atoms with Gasteiger partial charge in [0, 0.05) is 17.9 Å². The minimum atomic E-state index is -0.0861. The number of hydrogen-bond acceptors (Lipinski definition) is 4. The molecule has 0 fully saturated rings. The van der Waals surface area contributed by atoms with Crippen LogP contribution < -0.4 is 5.43 Å². The predicted octanol–water partition coefficient (Wildman–Crippen LogP) is 3.47. The monoisotopic (exact) mass is 331 g/mol. The number of carbonyl (C=O) groups is 1. The number of hydrogen-bond donors (Lipinski definition) is 1. The standard InChI is InChI=1S/C19H25NO4/c1-2-3-4-5-6-7-16-13-19(22)17-12-15(10-11-24-14-21)8-9-18(17)20(16)23/h8-9,12-14,23H,2-7,10-11H2,1H3. The van der Waals surface area contributed by atoms with E-state index in [2.05, 4.69) is 11.7 Å². The van der Waals surface area contributed by atoms with Crippen LogP contribution in [-0.2, 0) is 22.4 Å². The molecule has 0 aliphatic carbocycles. The summed E-state index contributed by atoms with van der Waals surface area (Å²) in [5.41, 5.74) is 1.98. The van der Waals surface area contributed by atoms with Gasteiger partial charge in [0.1, 0.15) is 0 Å². The van der Waals surface area contributed by atoms with E-state index in [9.17, 15) is 14.8 Å². The molecule has 2 rings (SSSR count). The van der Waals surface area contributed by atoms with E-state index in [4.69, 9.17) is 0 Å². The van der Waals surface area contributed by atoms with Crippen molar-refractivity contribution in [2.24, 2.45) is 0 Å². The number of ether oxygens (including phenoxy) is 1. The first kappa shape index (κ1) is 18.0. The normalized spacial score (nSPS) is 10.9. The molecule has 0 atom stereocenters. The van der Waals surface area contributed by atoms with Gasteiger partial charge in [-0.3, -0.25) is 9.59 Å². The number of carbonyl (C=O) groups excluding carboxylic acids is 1. The zero-order valence-electron chi connectivity index (χ0n) is 14.2. The van der Waals surface area contributed by atoms with Crippen LogP contribution in [-0.4, -0.2) is 23.0 Å². The molecule has 1 aromatic heterocycles. The van der Waals surface area contributed by atoms with Crippen molar-refractivity contribution in [3.05, 3.63) is 45.7 Å². The molecule has 1 heterocycles. The summed E-state index contributed by atoms with van der Waals surface area (Å²) in [7, 11) is 0. The highest BCUT2D eigenvalue weighted by molar-refractivity contribution is 5.79. The number of aryl methyl sites for hydroxylation is 1. The summed E-state index contributed by atoms with van der Waals surface area (Å²) in [4.78, 5) is 22.5. The van der Waals surface area contributed by atoms with Crippen LogP contribution in [0.1, 0.15) is 50.3 Å². The summed E-state index contributed by atoms with van der Waals surface area (Å²) in [5.74, 6) is 0. The van der Waals surface area contributed by atoms with Gasteiger partial charge in [0.15, 0.2) is 5.43 Å². The van der Waals surface area contributed by atoms with Crippen LogP contribution in [0.3, 0.4) is 0 Å². The Kier molecular flexibility index (Phi) is 6.85. The van der Waals surface area contributed by atoms with E-state index in [0.717, 1.165) is 23.1 Å². The van der Waals surface area contributed by atoms with Crippen molar-refractivity contribution < 1.29 is 14.7 Å². The van der Waals surface area contributed by atoms with Crippen molar-refractivity contribution in [2.45, 2.75) is 51.9 Å². The van der Waals surface area contributed by atoms with E-state index < -0.39 is 0 Å². The largest absolute Gasteiger partial charge is 0.468 e. The molecule has 0 saturated carbocycles. The molecule has 5 nitrogen and oxygen atoms in total. The Morgan fingerprint density at radius 3 is 2.67 bits per heavy atom. The number of nitrogens with zero attached hydrogens (tertiary/aromatic N) is 1. The van der Waals surface area contributed by atoms with Crippen molar-refractivity contribution in [3.8, 4) is 0 Å². The lowest BCUT2D eigenvalue weighted by Gasteiger charge is -2.11. The minimum Gasteiger partial charge on any atom is -0.468 e. The summed E-state index contributed by atoms with van der Waals surface area (Å²) in [5, 5.41) is 10.9. The quantitative estimate of drug-likeness (QED) is 0.411. The molecule has 24 heavy (non-hydrogen) atoms. The van der Waals surface area contributed by atoms with Gasteiger partial charge in [-0.2, -0.15) is 4.73 Å². The van der Waals surface area contributed by atoms with E-state index in [1.54, 1.807) is 12.1 Å². The third-order valence-corrected chi connectivity index (χ3v) is 4.24. The van der Waals surface area contributed by atoms with Gasteiger partial charge in [-0.1, -0.05) is 38.7 Å². The lowest BCUT2D eigenvalue weighted by atomic mass is 10.1. The van der Waals surface area contributed by atoms with E-state index in [1.165, 1.54) is 25.3 Å². The molecule has 5 heteroatoms. The maximum atomic E-state index is 12.4. The SMILES string of the molecule is CCCCCCCc1cc(=O)c2cc(CCOC=O)ccc2n1O.